The van der Waals surface area contributed by atoms with E-state index in [2.05, 4.69) is 10.1 Å². The van der Waals surface area contributed by atoms with Gasteiger partial charge in [0.25, 0.3) is 0 Å². The van der Waals surface area contributed by atoms with Crippen molar-refractivity contribution in [3.05, 3.63) is 46.8 Å². The normalized spacial score (nSPS) is 11.1. The van der Waals surface area contributed by atoms with Gasteiger partial charge in [-0.3, -0.25) is 14.5 Å². The summed E-state index contributed by atoms with van der Waals surface area (Å²) in [5.41, 5.74) is 0.132. The molecule has 0 saturated carbocycles. The van der Waals surface area contributed by atoms with E-state index in [-0.39, 0.29) is 16.3 Å². The first-order valence-corrected chi connectivity index (χ1v) is 6.38. The Balaban J connectivity index is 2.35. The maximum absolute atomic E-state index is 13.6. The van der Waals surface area contributed by atoms with Crippen molar-refractivity contribution in [2.75, 3.05) is 20.6 Å². The third-order valence-electron chi connectivity index (χ3n) is 2.79. The number of likely N-dealkylation sites (N-methyl/N-ethyl adjacent to an activating group) is 1. The van der Waals surface area contributed by atoms with Crippen molar-refractivity contribution in [1.82, 2.24) is 19.7 Å². The molecule has 2 rings (SSSR count). The molecule has 0 N–H and O–H groups in total. The fourth-order valence-corrected chi connectivity index (χ4v) is 1.97. The van der Waals surface area contributed by atoms with Gasteiger partial charge >= 0.3 is 0 Å². The zero-order valence-corrected chi connectivity index (χ0v) is 11.9. The average Bonchev–Trinajstić information content (AvgIpc) is 2.77. The maximum Gasteiger partial charge on any atom is 0.215 e. The van der Waals surface area contributed by atoms with Gasteiger partial charge in [0.1, 0.15) is 5.69 Å². The molecule has 0 fully saturated rings. The number of rotatable bonds is 5. The van der Waals surface area contributed by atoms with Crippen LogP contribution in [-0.2, 0) is 6.54 Å². The van der Waals surface area contributed by atoms with Crippen molar-refractivity contribution in [2.24, 2.45) is 0 Å². The van der Waals surface area contributed by atoms with Crippen LogP contribution < -0.4 is 0 Å². The molecule has 5 nitrogen and oxygen atoms in total. The lowest BCUT2D eigenvalue weighted by atomic mass is 10.1. The van der Waals surface area contributed by atoms with Gasteiger partial charge in [-0.25, -0.2) is 4.39 Å². The molecule has 0 radical (unpaired) electrons. The second-order valence-electron chi connectivity index (χ2n) is 4.55. The Morgan fingerprint density at radius 1 is 1.45 bits per heavy atom. The predicted octanol–water partition coefficient (Wildman–Crippen LogP) is 1.86. The molecule has 0 aromatic carbocycles. The highest BCUT2D eigenvalue weighted by Crippen LogP contribution is 2.20. The minimum absolute atomic E-state index is 0.0616. The van der Waals surface area contributed by atoms with Crippen LogP contribution in [0.5, 0.6) is 0 Å². The molecule has 0 unspecified atom stereocenters. The Hall–Kier alpha value is -1.79. The fourth-order valence-electron chi connectivity index (χ4n) is 1.74. The molecule has 0 aliphatic rings. The smallest absolute Gasteiger partial charge is 0.215 e. The number of ketones is 1. The fraction of sp³-hybridized carbons (Fsp3) is 0.308. The number of carbonyl (C=O) groups excluding carboxylic acids is 1. The third-order valence-corrected chi connectivity index (χ3v) is 3.06. The molecule has 7 heteroatoms. The van der Waals surface area contributed by atoms with Crippen molar-refractivity contribution in [2.45, 2.75) is 6.54 Å². The molecular weight excluding hydrogens is 283 g/mol. The summed E-state index contributed by atoms with van der Waals surface area (Å²) in [5, 5.41) is 4.28. The molecule has 2 aromatic rings. The van der Waals surface area contributed by atoms with E-state index < -0.39 is 11.6 Å². The van der Waals surface area contributed by atoms with E-state index in [9.17, 15) is 9.18 Å². The molecule has 106 valence electrons. The van der Waals surface area contributed by atoms with Gasteiger partial charge in [0, 0.05) is 12.7 Å². The minimum Gasteiger partial charge on any atom is -0.308 e. The van der Waals surface area contributed by atoms with Crippen molar-refractivity contribution >= 4 is 17.4 Å². The second-order valence-corrected chi connectivity index (χ2v) is 4.96. The number of carbonyl (C=O) groups is 1. The Labute approximate surface area is 121 Å². The largest absolute Gasteiger partial charge is 0.308 e. The first-order valence-electron chi connectivity index (χ1n) is 6.01. The van der Waals surface area contributed by atoms with Crippen LogP contribution in [0, 0.1) is 5.82 Å². The van der Waals surface area contributed by atoms with E-state index in [4.69, 9.17) is 11.6 Å². The quantitative estimate of drug-likeness (QED) is 0.790. The highest BCUT2D eigenvalue weighted by molar-refractivity contribution is 6.34. The molecule has 0 aliphatic carbocycles. The highest BCUT2D eigenvalue weighted by Gasteiger charge is 2.21. The molecule has 0 amide bonds. The Kier molecular flexibility index (Phi) is 4.46. The van der Waals surface area contributed by atoms with Crippen LogP contribution in [0.15, 0.2) is 24.7 Å². The number of nitrogens with zero attached hydrogens (tertiary/aromatic N) is 4. The molecule has 0 spiro atoms. The van der Waals surface area contributed by atoms with Crippen LogP contribution in [0.25, 0.3) is 0 Å². The molecular formula is C13H14ClFN4O. The van der Waals surface area contributed by atoms with Crippen molar-refractivity contribution < 1.29 is 9.18 Å². The van der Waals surface area contributed by atoms with Crippen LogP contribution in [0.1, 0.15) is 16.1 Å². The van der Waals surface area contributed by atoms with E-state index >= 15 is 0 Å². The lowest BCUT2D eigenvalue weighted by Crippen LogP contribution is -2.22. The van der Waals surface area contributed by atoms with E-state index in [0.717, 1.165) is 6.20 Å². The third kappa shape index (κ3) is 3.02. The van der Waals surface area contributed by atoms with Gasteiger partial charge in [0.15, 0.2) is 5.82 Å². The van der Waals surface area contributed by atoms with Crippen molar-refractivity contribution in [3.63, 3.8) is 0 Å². The number of aromatic nitrogens is 3. The van der Waals surface area contributed by atoms with Crippen LogP contribution in [-0.4, -0.2) is 46.1 Å². The topological polar surface area (TPSA) is 51.0 Å². The van der Waals surface area contributed by atoms with Crippen LogP contribution in [0.3, 0.4) is 0 Å². The highest BCUT2D eigenvalue weighted by atomic mass is 35.5. The summed E-state index contributed by atoms with van der Waals surface area (Å²) in [6, 6.07) is 1.33. The molecule has 0 aliphatic heterocycles. The van der Waals surface area contributed by atoms with Gasteiger partial charge in [-0.15, -0.1) is 0 Å². The van der Waals surface area contributed by atoms with Crippen LogP contribution in [0.4, 0.5) is 4.39 Å². The van der Waals surface area contributed by atoms with Gasteiger partial charge in [0.05, 0.1) is 29.5 Å². The number of halogens is 2. The Morgan fingerprint density at radius 3 is 2.85 bits per heavy atom. The summed E-state index contributed by atoms with van der Waals surface area (Å²) < 4.78 is 15.1. The summed E-state index contributed by atoms with van der Waals surface area (Å²) >= 11 is 6.00. The van der Waals surface area contributed by atoms with Gasteiger partial charge in [0.2, 0.25) is 5.78 Å². The lowest BCUT2D eigenvalue weighted by Gasteiger charge is -2.11. The van der Waals surface area contributed by atoms with Gasteiger partial charge in [-0.05, 0) is 20.2 Å². The van der Waals surface area contributed by atoms with Crippen molar-refractivity contribution in [1.29, 1.82) is 0 Å². The number of pyridine rings is 1. The summed E-state index contributed by atoms with van der Waals surface area (Å²) in [4.78, 5) is 18.0. The standard InChI is InChI=1S/C13H14ClFN4O/c1-18(2)5-6-19-12(10(14)7-17-19)13(20)9-3-4-16-8-11(9)15/h3-4,7-8H,5-6H2,1-2H3. The molecule has 0 atom stereocenters. The van der Waals surface area contributed by atoms with Crippen molar-refractivity contribution in [3.8, 4) is 0 Å². The Bertz CT molecular complexity index is 627. The summed E-state index contributed by atoms with van der Waals surface area (Å²) in [6.07, 6.45) is 3.76. The molecule has 20 heavy (non-hydrogen) atoms. The minimum atomic E-state index is -0.672. The molecule has 0 saturated heterocycles. The second kappa shape index (κ2) is 6.11. The van der Waals surface area contributed by atoms with Crippen LogP contribution >= 0.6 is 11.6 Å². The van der Waals surface area contributed by atoms with Gasteiger partial charge in [-0.2, -0.15) is 5.10 Å². The van der Waals surface area contributed by atoms with E-state index in [1.165, 1.54) is 23.1 Å². The first-order chi connectivity index (χ1) is 9.50. The van der Waals surface area contributed by atoms with Gasteiger partial charge in [-0.1, -0.05) is 11.6 Å². The summed E-state index contributed by atoms with van der Waals surface area (Å²) in [7, 11) is 3.82. The first kappa shape index (κ1) is 14.6. The molecule has 2 aromatic heterocycles. The zero-order valence-electron chi connectivity index (χ0n) is 11.2. The average molecular weight is 297 g/mol. The maximum atomic E-state index is 13.6. The summed E-state index contributed by atoms with van der Waals surface area (Å²) in [5.74, 6) is -1.17. The number of hydrogen-bond donors (Lipinski definition) is 0. The molecule has 0 bridgehead atoms. The van der Waals surface area contributed by atoms with Gasteiger partial charge < -0.3 is 4.90 Å². The van der Waals surface area contributed by atoms with Crippen LogP contribution in [0.2, 0.25) is 5.02 Å². The van der Waals surface area contributed by atoms with E-state index in [1.807, 2.05) is 19.0 Å². The monoisotopic (exact) mass is 296 g/mol. The summed E-state index contributed by atoms with van der Waals surface area (Å²) in [6.45, 7) is 1.19. The van der Waals surface area contributed by atoms with E-state index in [0.29, 0.717) is 13.1 Å². The molecule has 2 heterocycles. The number of hydrogen-bond acceptors (Lipinski definition) is 4. The lowest BCUT2D eigenvalue weighted by molar-refractivity contribution is 0.102. The zero-order chi connectivity index (χ0) is 14.7. The Morgan fingerprint density at radius 2 is 2.20 bits per heavy atom. The SMILES string of the molecule is CN(C)CCn1ncc(Cl)c1C(=O)c1ccncc1F. The predicted molar refractivity (Wildman–Crippen MR) is 73.4 cm³/mol. The van der Waals surface area contributed by atoms with E-state index in [1.54, 1.807) is 0 Å².